The highest BCUT2D eigenvalue weighted by atomic mass is 16.5. The van der Waals surface area contributed by atoms with E-state index in [-0.39, 0.29) is 18.5 Å². The molecule has 1 atom stereocenters. The number of Topliss-reactive ketones (excluding diaryl/α,β-unsaturated/α-hetero) is 1. The van der Waals surface area contributed by atoms with Crippen molar-refractivity contribution in [1.29, 1.82) is 0 Å². The highest BCUT2D eigenvalue weighted by Gasteiger charge is 2.23. The molecule has 3 nitrogen and oxygen atoms in total. The van der Waals surface area contributed by atoms with Gasteiger partial charge in [0, 0.05) is 12.2 Å². The predicted octanol–water partition coefficient (Wildman–Crippen LogP) is 2.51. The van der Waals surface area contributed by atoms with Gasteiger partial charge in [0.2, 0.25) is 0 Å². The van der Waals surface area contributed by atoms with Crippen molar-refractivity contribution < 1.29 is 14.3 Å². The Hall–Kier alpha value is -1.45. The van der Waals surface area contributed by atoms with Crippen molar-refractivity contribution >= 4 is 5.78 Å². The topological polar surface area (TPSA) is 35.5 Å². The zero-order chi connectivity index (χ0) is 12.8. The summed E-state index contributed by atoms with van der Waals surface area (Å²) < 4.78 is 10.8. The second kappa shape index (κ2) is 6.47. The van der Waals surface area contributed by atoms with Crippen molar-refractivity contribution in [3.63, 3.8) is 0 Å². The Morgan fingerprint density at radius 2 is 2.17 bits per heavy atom. The lowest BCUT2D eigenvalue weighted by Gasteiger charge is -2.11. The van der Waals surface area contributed by atoms with Crippen LogP contribution in [0.3, 0.4) is 0 Å². The Morgan fingerprint density at radius 1 is 1.39 bits per heavy atom. The van der Waals surface area contributed by atoms with E-state index in [1.165, 1.54) is 0 Å². The zero-order valence-corrected chi connectivity index (χ0v) is 10.4. The van der Waals surface area contributed by atoms with E-state index in [2.05, 4.69) is 6.58 Å². The van der Waals surface area contributed by atoms with E-state index in [9.17, 15) is 4.79 Å². The molecule has 0 amide bonds. The molecule has 0 aliphatic carbocycles. The molecule has 0 aromatic heterocycles. The normalized spacial score (nSPS) is 18.8. The average Bonchev–Trinajstić information content (AvgIpc) is 2.93. The quantitative estimate of drug-likeness (QED) is 0.723. The summed E-state index contributed by atoms with van der Waals surface area (Å²) in [5.74, 6) is -0.0576. The van der Waals surface area contributed by atoms with E-state index < -0.39 is 0 Å². The van der Waals surface area contributed by atoms with Crippen molar-refractivity contribution in [3.8, 4) is 0 Å². The first-order valence-corrected chi connectivity index (χ1v) is 6.22. The summed E-state index contributed by atoms with van der Waals surface area (Å²) in [5.41, 5.74) is 1.61. The van der Waals surface area contributed by atoms with Crippen LogP contribution < -0.4 is 0 Å². The largest absolute Gasteiger partial charge is 0.373 e. The van der Waals surface area contributed by atoms with Gasteiger partial charge >= 0.3 is 0 Å². The standard InChI is InChI=1S/C15H18O3/c1-12(15-8-5-9-18-15)14(16)11-17-10-13-6-3-2-4-7-13/h2-4,6-7,15H,1,5,8-11H2. The van der Waals surface area contributed by atoms with Crippen LogP contribution in [0, 0.1) is 0 Å². The number of carbonyl (C=O) groups excluding carboxylic acids is 1. The smallest absolute Gasteiger partial charge is 0.186 e. The third kappa shape index (κ3) is 3.52. The summed E-state index contributed by atoms with van der Waals surface area (Å²) in [7, 11) is 0. The zero-order valence-electron chi connectivity index (χ0n) is 10.4. The molecule has 1 saturated heterocycles. The fraction of sp³-hybridized carbons (Fsp3) is 0.400. The molecule has 0 radical (unpaired) electrons. The van der Waals surface area contributed by atoms with Crippen LogP contribution in [-0.2, 0) is 20.9 Å². The van der Waals surface area contributed by atoms with Crippen LogP contribution in [-0.4, -0.2) is 25.1 Å². The van der Waals surface area contributed by atoms with E-state index >= 15 is 0 Å². The molecule has 0 saturated carbocycles. The molecule has 1 aromatic rings. The van der Waals surface area contributed by atoms with Gasteiger partial charge in [0.15, 0.2) is 5.78 Å². The number of ketones is 1. The fourth-order valence-electron chi connectivity index (χ4n) is 1.96. The van der Waals surface area contributed by atoms with Crippen LogP contribution in [0.5, 0.6) is 0 Å². The second-order valence-electron chi connectivity index (χ2n) is 4.43. The molecule has 1 heterocycles. The van der Waals surface area contributed by atoms with E-state index in [0.29, 0.717) is 12.2 Å². The van der Waals surface area contributed by atoms with Gasteiger partial charge in [-0.1, -0.05) is 36.9 Å². The van der Waals surface area contributed by atoms with Crippen LogP contribution in [0.25, 0.3) is 0 Å². The molecule has 1 unspecified atom stereocenters. The van der Waals surface area contributed by atoms with Crippen molar-refractivity contribution in [2.75, 3.05) is 13.2 Å². The molecule has 2 rings (SSSR count). The molecular formula is C15H18O3. The monoisotopic (exact) mass is 246 g/mol. The molecule has 1 aromatic carbocycles. The van der Waals surface area contributed by atoms with Gasteiger partial charge < -0.3 is 9.47 Å². The highest BCUT2D eigenvalue weighted by molar-refractivity contribution is 5.96. The van der Waals surface area contributed by atoms with Crippen LogP contribution in [0.1, 0.15) is 18.4 Å². The van der Waals surface area contributed by atoms with Gasteiger partial charge in [0.05, 0.1) is 12.7 Å². The lowest BCUT2D eigenvalue weighted by Crippen LogP contribution is -2.20. The maximum atomic E-state index is 11.8. The molecule has 0 N–H and O–H groups in total. The Morgan fingerprint density at radius 3 is 2.83 bits per heavy atom. The van der Waals surface area contributed by atoms with Gasteiger partial charge in [0.25, 0.3) is 0 Å². The minimum atomic E-state index is -0.0992. The van der Waals surface area contributed by atoms with Crippen molar-refractivity contribution in [3.05, 3.63) is 48.0 Å². The molecule has 1 fully saturated rings. The lowest BCUT2D eigenvalue weighted by atomic mass is 10.1. The van der Waals surface area contributed by atoms with E-state index in [0.717, 1.165) is 25.0 Å². The third-order valence-electron chi connectivity index (χ3n) is 3.02. The number of benzene rings is 1. The first-order valence-electron chi connectivity index (χ1n) is 6.22. The van der Waals surface area contributed by atoms with Crippen molar-refractivity contribution in [1.82, 2.24) is 0 Å². The number of hydrogen-bond acceptors (Lipinski definition) is 3. The first kappa shape index (κ1) is 13.0. The van der Waals surface area contributed by atoms with Crippen molar-refractivity contribution in [2.45, 2.75) is 25.6 Å². The highest BCUT2D eigenvalue weighted by Crippen LogP contribution is 2.19. The van der Waals surface area contributed by atoms with Gasteiger partial charge in [-0.3, -0.25) is 4.79 Å². The van der Waals surface area contributed by atoms with Gasteiger partial charge in [-0.2, -0.15) is 0 Å². The molecule has 0 bridgehead atoms. The van der Waals surface area contributed by atoms with Gasteiger partial charge in [-0.25, -0.2) is 0 Å². The Kier molecular flexibility index (Phi) is 4.67. The molecule has 3 heteroatoms. The summed E-state index contributed by atoms with van der Waals surface area (Å²) in [5, 5.41) is 0. The van der Waals surface area contributed by atoms with Gasteiger partial charge in [-0.05, 0) is 18.4 Å². The van der Waals surface area contributed by atoms with Crippen LogP contribution in [0.4, 0.5) is 0 Å². The first-order chi connectivity index (χ1) is 8.77. The number of carbonyl (C=O) groups is 1. The number of hydrogen-bond donors (Lipinski definition) is 0. The summed E-state index contributed by atoms with van der Waals surface area (Å²) >= 11 is 0. The molecule has 96 valence electrons. The van der Waals surface area contributed by atoms with E-state index in [1.807, 2.05) is 30.3 Å². The van der Waals surface area contributed by atoms with E-state index in [4.69, 9.17) is 9.47 Å². The third-order valence-corrected chi connectivity index (χ3v) is 3.02. The minimum absolute atomic E-state index is 0.0576. The van der Waals surface area contributed by atoms with Gasteiger partial charge in [-0.15, -0.1) is 0 Å². The van der Waals surface area contributed by atoms with Crippen LogP contribution in [0.2, 0.25) is 0 Å². The maximum Gasteiger partial charge on any atom is 0.186 e. The van der Waals surface area contributed by atoms with Crippen molar-refractivity contribution in [2.24, 2.45) is 0 Å². The molecular weight excluding hydrogens is 228 g/mol. The minimum Gasteiger partial charge on any atom is -0.373 e. The number of ether oxygens (including phenoxy) is 2. The number of rotatable bonds is 6. The fourth-order valence-corrected chi connectivity index (χ4v) is 1.96. The molecule has 1 aliphatic heterocycles. The summed E-state index contributed by atoms with van der Waals surface area (Å²) in [6.45, 7) is 5.06. The van der Waals surface area contributed by atoms with Gasteiger partial charge in [0.1, 0.15) is 6.61 Å². The molecule has 1 aliphatic rings. The Labute approximate surface area is 107 Å². The average molecular weight is 246 g/mol. The van der Waals surface area contributed by atoms with Crippen LogP contribution in [0.15, 0.2) is 42.5 Å². The summed E-state index contributed by atoms with van der Waals surface area (Å²) in [6, 6.07) is 9.80. The van der Waals surface area contributed by atoms with E-state index in [1.54, 1.807) is 0 Å². The summed E-state index contributed by atoms with van der Waals surface area (Å²) in [6.07, 6.45) is 1.79. The van der Waals surface area contributed by atoms with Crippen LogP contribution >= 0.6 is 0 Å². The SMILES string of the molecule is C=C(C(=O)COCc1ccccc1)C1CCCO1. The summed E-state index contributed by atoms with van der Waals surface area (Å²) in [4.78, 5) is 11.8. The lowest BCUT2D eigenvalue weighted by molar-refractivity contribution is -0.121. The molecule has 0 spiro atoms. The Bertz CT molecular complexity index is 405. The predicted molar refractivity (Wildman–Crippen MR) is 69.2 cm³/mol. The molecule has 18 heavy (non-hydrogen) atoms. The Balaban J connectivity index is 1.73. The second-order valence-corrected chi connectivity index (χ2v) is 4.43. The maximum absolute atomic E-state index is 11.8.